The zero-order valence-electron chi connectivity index (χ0n) is 9.18. The largest absolute Gasteiger partial charge is 0.363 e. The minimum absolute atomic E-state index is 0.0957. The van der Waals surface area contributed by atoms with Gasteiger partial charge in [-0.1, -0.05) is 6.92 Å². The van der Waals surface area contributed by atoms with Crippen LogP contribution in [0.5, 0.6) is 0 Å². The van der Waals surface area contributed by atoms with Crippen molar-refractivity contribution in [2.24, 2.45) is 0 Å². The number of hydrogen-bond donors (Lipinski definition) is 1. The number of anilines is 1. The minimum Gasteiger partial charge on any atom is -0.363 e. The van der Waals surface area contributed by atoms with Gasteiger partial charge in [0.1, 0.15) is 0 Å². The third-order valence-electron chi connectivity index (χ3n) is 1.98. The minimum atomic E-state index is -0.892. The van der Waals surface area contributed by atoms with E-state index in [2.05, 4.69) is 26.2 Å². The fourth-order valence-electron chi connectivity index (χ4n) is 1.13. The first kappa shape index (κ1) is 14.0. The van der Waals surface area contributed by atoms with Crippen molar-refractivity contribution in [2.75, 3.05) is 23.4 Å². The Balaban J connectivity index is 2.70. The number of hydrogen-bond acceptors (Lipinski definition) is 5. The summed E-state index contributed by atoms with van der Waals surface area (Å²) in [6.45, 7) is 2.23. The summed E-state index contributed by atoms with van der Waals surface area (Å²) in [5, 5.41) is 13.6. The second-order valence-corrected chi connectivity index (χ2v) is 5.92. The Labute approximate surface area is 110 Å². The highest BCUT2D eigenvalue weighted by molar-refractivity contribution is 9.10. The maximum absolute atomic E-state index is 11.2. The number of nitro groups is 1. The molecule has 1 N–H and O–H groups in total. The quantitative estimate of drug-likeness (QED) is 0.639. The third kappa shape index (κ3) is 4.39. The van der Waals surface area contributed by atoms with Crippen LogP contribution in [0.1, 0.15) is 6.92 Å². The average molecular weight is 322 g/mol. The van der Waals surface area contributed by atoms with E-state index in [1.165, 1.54) is 12.3 Å². The van der Waals surface area contributed by atoms with Gasteiger partial charge in [0.2, 0.25) is 5.82 Å². The van der Waals surface area contributed by atoms with Gasteiger partial charge in [-0.2, -0.15) is 0 Å². The van der Waals surface area contributed by atoms with Crippen molar-refractivity contribution in [1.29, 1.82) is 0 Å². The molecule has 0 aliphatic heterocycles. The predicted octanol–water partition coefficient (Wildman–Crippen LogP) is 1.93. The van der Waals surface area contributed by atoms with Crippen LogP contribution in [0.3, 0.4) is 0 Å². The van der Waals surface area contributed by atoms with Crippen LogP contribution in [0, 0.1) is 10.1 Å². The van der Waals surface area contributed by atoms with Crippen molar-refractivity contribution >= 4 is 38.2 Å². The summed E-state index contributed by atoms with van der Waals surface area (Å²) >= 11 is 3.12. The van der Waals surface area contributed by atoms with Gasteiger partial charge >= 0.3 is 5.69 Å². The maximum atomic E-state index is 11.2. The Morgan fingerprint density at radius 2 is 2.35 bits per heavy atom. The van der Waals surface area contributed by atoms with E-state index in [9.17, 15) is 14.3 Å². The van der Waals surface area contributed by atoms with Gasteiger partial charge in [-0.05, 0) is 15.9 Å². The van der Waals surface area contributed by atoms with Crippen LogP contribution in [0.25, 0.3) is 0 Å². The molecule has 0 bridgehead atoms. The van der Waals surface area contributed by atoms with Gasteiger partial charge in [0.15, 0.2) is 0 Å². The zero-order valence-corrected chi connectivity index (χ0v) is 11.6. The molecule has 0 radical (unpaired) electrons. The number of aromatic nitrogens is 1. The summed E-state index contributed by atoms with van der Waals surface area (Å²) in [4.78, 5) is 14.2. The lowest BCUT2D eigenvalue weighted by Gasteiger charge is -2.05. The van der Waals surface area contributed by atoms with Gasteiger partial charge in [-0.25, -0.2) is 4.98 Å². The van der Waals surface area contributed by atoms with Crippen LogP contribution in [0.4, 0.5) is 11.5 Å². The molecule has 0 saturated carbocycles. The van der Waals surface area contributed by atoms with Crippen LogP contribution in [-0.4, -0.2) is 32.2 Å². The average Bonchev–Trinajstić information content (AvgIpc) is 2.30. The SMILES string of the molecule is CCS(=O)CCNc1ncc(Br)cc1[N+](=O)[O-]. The van der Waals surface area contributed by atoms with E-state index >= 15 is 0 Å². The lowest BCUT2D eigenvalue weighted by molar-refractivity contribution is -0.384. The summed E-state index contributed by atoms with van der Waals surface area (Å²) in [6.07, 6.45) is 1.48. The topological polar surface area (TPSA) is 85.1 Å². The molecule has 0 amide bonds. The smallest absolute Gasteiger partial charge is 0.312 e. The summed E-state index contributed by atoms with van der Waals surface area (Å²) < 4.78 is 11.7. The third-order valence-corrected chi connectivity index (χ3v) is 3.71. The van der Waals surface area contributed by atoms with E-state index in [0.29, 0.717) is 22.5 Å². The molecule has 17 heavy (non-hydrogen) atoms. The molecule has 0 fully saturated rings. The Morgan fingerprint density at radius 3 is 2.94 bits per heavy atom. The molecule has 0 saturated heterocycles. The molecule has 1 aromatic rings. The summed E-state index contributed by atoms with van der Waals surface area (Å²) in [5.41, 5.74) is -0.0957. The van der Waals surface area contributed by atoms with E-state index < -0.39 is 15.7 Å². The zero-order chi connectivity index (χ0) is 12.8. The van der Waals surface area contributed by atoms with Gasteiger partial charge in [0.25, 0.3) is 0 Å². The lowest BCUT2D eigenvalue weighted by atomic mass is 10.4. The lowest BCUT2D eigenvalue weighted by Crippen LogP contribution is -2.13. The van der Waals surface area contributed by atoms with Crippen molar-refractivity contribution in [3.63, 3.8) is 0 Å². The molecule has 0 spiro atoms. The highest BCUT2D eigenvalue weighted by Gasteiger charge is 2.15. The summed E-state index contributed by atoms with van der Waals surface area (Å²) in [5.74, 6) is 1.23. The monoisotopic (exact) mass is 321 g/mol. The first-order valence-corrected chi connectivity index (χ1v) is 7.21. The number of nitrogens with zero attached hydrogens (tertiary/aromatic N) is 2. The van der Waals surface area contributed by atoms with Gasteiger partial charge in [-0.3, -0.25) is 14.3 Å². The van der Waals surface area contributed by atoms with E-state index in [4.69, 9.17) is 0 Å². The van der Waals surface area contributed by atoms with E-state index in [1.807, 2.05) is 6.92 Å². The van der Waals surface area contributed by atoms with E-state index in [-0.39, 0.29) is 11.5 Å². The molecule has 1 heterocycles. The van der Waals surface area contributed by atoms with Crippen LogP contribution in [-0.2, 0) is 10.8 Å². The molecular formula is C9H12BrN3O3S. The van der Waals surface area contributed by atoms with Crippen molar-refractivity contribution < 1.29 is 9.13 Å². The first-order valence-electron chi connectivity index (χ1n) is 4.93. The Bertz CT molecular complexity index is 441. The Morgan fingerprint density at radius 1 is 1.65 bits per heavy atom. The van der Waals surface area contributed by atoms with Crippen LogP contribution in [0.15, 0.2) is 16.7 Å². The van der Waals surface area contributed by atoms with Crippen molar-refractivity contribution in [3.05, 3.63) is 26.9 Å². The first-order chi connectivity index (χ1) is 8.04. The van der Waals surface area contributed by atoms with Gasteiger partial charge in [0.05, 0.1) is 4.92 Å². The van der Waals surface area contributed by atoms with Crippen molar-refractivity contribution in [1.82, 2.24) is 4.98 Å². The standard InChI is InChI=1S/C9H12BrN3O3S/c1-2-17(16)4-3-11-9-8(13(14)15)5-7(10)6-12-9/h5-6H,2-4H2,1H3,(H,11,12). The van der Waals surface area contributed by atoms with Gasteiger partial charge in [-0.15, -0.1) is 0 Å². The van der Waals surface area contributed by atoms with E-state index in [1.54, 1.807) is 0 Å². The van der Waals surface area contributed by atoms with Crippen LogP contribution < -0.4 is 5.32 Å². The fraction of sp³-hybridized carbons (Fsp3) is 0.444. The Kier molecular flexibility index (Phi) is 5.49. The summed E-state index contributed by atoms with van der Waals surface area (Å²) in [6, 6.07) is 1.38. The molecular weight excluding hydrogens is 310 g/mol. The number of halogens is 1. The number of pyridine rings is 1. The normalized spacial score (nSPS) is 12.1. The summed E-state index contributed by atoms with van der Waals surface area (Å²) in [7, 11) is -0.892. The predicted molar refractivity (Wildman–Crippen MR) is 70.6 cm³/mol. The van der Waals surface area contributed by atoms with Crippen molar-refractivity contribution in [2.45, 2.75) is 6.92 Å². The molecule has 1 aromatic heterocycles. The second kappa shape index (κ2) is 6.65. The molecule has 94 valence electrons. The van der Waals surface area contributed by atoms with E-state index in [0.717, 1.165) is 0 Å². The number of nitrogens with one attached hydrogen (secondary N) is 1. The molecule has 0 aliphatic carbocycles. The molecule has 0 aliphatic rings. The van der Waals surface area contributed by atoms with Crippen LogP contribution in [0.2, 0.25) is 0 Å². The molecule has 0 aromatic carbocycles. The van der Waals surface area contributed by atoms with Gasteiger partial charge in [0, 0.05) is 45.6 Å². The molecule has 8 heteroatoms. The molecule has 1 rings (SSSR count). The van der Waals surface area contributed by atoms with Crippen molar-refractivity contribution in [3.8, 4) is 0 Å². The number of rotatable bonds is 6. The Hall–Kier alpha value is -1.02. The molecule has 6 nitrogen and oxygen atoms in total. The van der Waals surface area contributed by atoms with Gasteiger partial charge < -0.3 is 5.32 Å². The maximum Gasteiger partial charge on any atom is 0.312 e. The fourth-order valence-corrected chi connectivity index (χ4v) is 2.07. The molecule has 1 atom stereocenters. The molecule has 1 unspecified atom stereocenters. The highest BCUT2D eigenvalue weighted by atomic mass is 79.9. The highest BCUT2D eigenvalue weighted by Crippen LogP contribution is 2.24. The second-order valence-electron chi connectivity index (χ2n) is 3.14. The van der Waals surface area contributed by atoms with Crippen LogP contribution >= 0.6 is 15.9 Å².